The number of nitrogens with one attached hydrogen (secondary N) is 2. The molecule has 0 atom stereocenters. The van der Waals surface area contributed by atoms with E-state index in [2.05, 4.69) is 20.0 Å². The summed E-state index contributed by atoms with van der Waals surface area (Å²) in [4.78, 5) is 30.1. The normalized spacial score (nSPS) is 11.0. The standard InChI is InChI=1S/C16H18N4O5S/c1-10-9-14(18-11(2)17-10)20-26(24,25)13-5-3-12(4-6-13)19-15(21)7-8-16(22)23/h3-6,9H,7-8H2,1-2H3,(H,19,21)(H,22,23)(H,17,18,20). The number of anilines is 2. The van der Waals surface area contributed by atoms with E-state index >= 15 is 0 Å². The molecule has 0 radical (unpaired) electrons. The van der Waals surface area contributed by atoms with Gasteiger partial charge in [0.1, 0.15) is 11.6 Å². The third-order valence-corrected chi connectivity index (χ3v) is 4.59. The molecule has 0 aliphatic rings. The quantitative estimate of drug-likeness (QED) is 0.666. The zero-order chi connectivity index (χ0) is 19.3. The Kier molecular flexibility index (Phi) is 5.88. The van der Waals surface area contributed by atoms with Crippen LogP contribution in [0, 0.1) is 13.8 Å². The fraction of sp³-hybridized carbons (Fsp3) is 0.250. The Hall–Kier alpha value is -3.01. The summed E-state index contributed by atoms with van der Waals surface area (Å²) in [7, 11) is -3.84. The number of carbonyl (C=O) groups is 2. The molecule has 0 aliphatic carbocycles. The summed E-state index contributed by atoms with van der Waals surface area (Å²) in [6.07, 6.45) is -0.441. The van der Waals surface area contributed by atoms with E-state index < -0.39 is 21.9 Å². The smallest absolute Gasteiger partial charge is 0.303 e. The molecule has 0 bridgehead atoms. The first-order valence-electron chi connectivity index (χ1n) is 7.62. The molecule has 10 heteroatoms. The average molecular weight is 378 g/mol. The molecule has 0 fully saturated rings. The fourth-order valence-electron chi connectivity index (χ4n) is 2.13. The van der Waals surface area contributed by atoms with Crippen LogP contribution in [0.3, 0.4) is 0 Å². The van der Waals surface area contributed by atoms with E-state index in [1.54, 1.807) is 13.8 Å². The Balaban J connectivity index is 2.08. The predicted octanol–water partition coefficient (Wildman–Crippen LogP) is 1.70. The molecule has 2 aromatic rings. The van der Waals surface area contributed by atoms with Crippen molar-refractivity contribution in [2.75, 3.05) is 10.0 Å². The van der Waals surface area contributed by atoms with Crippen LogP contribution in [0.4, 0.5) is 11.5 Å². The van der Waals surface area contributed by atoms with Crippen molar-refractivity contribution in [1.82, 2.24) is 9.97 Å². The molecule has 0 spiro atoms. The van der Waals surface area contributed by atoms with Crippen LogP contribution in [0.5, 0.6) is 0 Å². The van der Waals surface area contributed by atoms with Gasteiger partial charge in [-0.3, -0.25) is 14.3 Å². The van der Waals surface area contributed by atoms with Gasteiger partial charge < -0.3 is 10.4 Å². The molecule has 0 saturated heterocycles. The van der Waals surface area contributed by atoms with Gasteiger partial charge in [-0.1, -0.05) is 0 Å². The highest BCUT2D eigenvalue weighted by molar-refractivity contribution is 7.92. The lowest BCUT2D eigenvalue weighted by Gasteiger charge is -2.09. The van der Waals surface area contributed by atoms with Gasteiger partial charge in [0.05, 0.1) is 11.3 Å². The van der Waals surface area contributed by atoms with E-state index in [0.29, 0.717) is 17.2 Å². The van der Waals surface area contributed by atoms with Crippen LogP contribution >= 0.6 is 0 Å². The van der Waals surface area contributed by atoms with E-state index in [-0.39, 0.29) is 23.6 Å². The van der Waals surface area contributed by atoms with Crippen molar-refractivity contribution in [3.05, 3.63) is 41.9 Å². The Morgan fingerprint density at radius 1 is 1.08 bits per heavy atom. The number of carboxylic acid groups (broad SMARTS) is 1. The highest BCUT2D eigenvalue weighted by Gasteiger charge is 2.16. The maximum atomic E-state index is 12.4. The Bertz CT molecular complexity index is 906. The van der Waals surface area contributed by atoms with Gasteiger partial charge in [-0.15, -0.1) is 0 Å². The number of carbonyl (C=O) groups excluding carboxylic acids is 1. The maximum Gasteiger partial charge on any atom is 0.303 e. The van der Waals surface area contributed by atoms with Gasteiger partial charge in [-0.2, -0.15) is 0 Å². The first-order valence-corrected chi connectivity index (χ1v) is 9.11. The Labute approximate surface area is 150 Å². The van der Waals surface area contributed by atoms with Crippen LogP contribution in [-0.4, -0.2) is 35.4 Å². The third kappa shape index (κ3) is 5.52. The lowest BCUT2D eigenvalue weighted by molar-refractivity contribution is -0.138. The summed E-state index contributed by atoms with van der Waals surface area (Å²) in [5.41, 5.74) is 1.00. The van der Waals surface area contributed by atoms with Crippen LogP contribution < -0.4 is 10.0 Å². The van der Waals surface area contributed by atoms with Crippen molar-refractivity contribution >= 4 is 33.4 Å². The van der Waals surface area contributed by atoms with Crippen LogP contribution in [0.15, 0.2) is 35.2 Å². The van der Waals surface area contributed by atoms with Crippen molar-refractivity contribution in [1.29, 1.82) is 0 Å². The zero-order valence-corrected chi connectivity index (χ0v) is 15.0. The van der Waals surface area contributed by atoms with E-state index in [1.165, 1.54) is 30.3 Å². The molecule has 0 unspecified atom stereocenters. The number of benzene rings is 1. The second-order valence-electron chi connectivity index (χ2n) is 5.51. The third-order valence-electron chi connectivity index (χ3n) is 3.22. The van der Waals surface area contributed by atoms with E-state index in [1.807, 2.05) is 0 Å². The molecule has 1 amide bonds. The van der Waals surface area contributed by atoms with Crippen molar-refractivity contribution < 1.29 is 23.1 Å². The highest BCUT2D eigenvalue weighted by atomic mass is 32.2. The van der Waals surface area contributed by atoms with E-state index in [4.69, 9.17) is 5.11 Å². The minimum absolute atomic E-state index is 0.00467. The summed E-state index contributed by atoms with van der Waals surface area (Å²) in [5.74, 6) is -0.918. The van der Waals surface area contributed by atoms with Gasteiger partial charge in [0.25, 0.3) is 10.0 Å². The number of rotatable bonds is 7. The van der Waals surface area contributed by atoms with Gasteiger partial charge in [0.15, 0.2) is 0 Å². The van der Waals surface area contributed by atoms with Gasteiger partial charge >= 0.3 is 5.97 Å². The molecule has 1 aromatic heterocycles. The summed E-state index contributed by atoms with van der Waals surface area (Å²) >= 11 is 0. The number of aliphatic carboxylic acids is 1. The van der Waals surface area contributed by atoms with Gasteiger partial charge in [0.2, 0.25) is 5.91 Å². The molecular weight excluding hydrogens is 360 g/mol. The van der Waals surface area contributed by atoms with Gasteiger partial charge in [-0.05, 0) is 38.1 Å². The first-order chi connectivity index (χ1) is 12.2. The largest absolute Gasteiger partial charge is 0.481 e. The summed E-state index contributed by atoms with van der Waals surface area (Å²) < 4.78 is 27.2. The SMILES string of the molecule is Cc1cc(NS(=O)(=O)c2ccc(NC(=O)CCC(=O)O)cc2)nc(C)n1. The summed E-state index contributed by atoms with van der Waals surface area (Å²) in [6, 6.07) is 7.01. The second-order valence-corrected chi connectivity index (χ2v) is 7.20. The fourth-order valence-corrected chi connectivity index (χ4v) is 3.12. The van der Waals surface area contributed by atoms with Crippen LogP contribution in [-0.2, 0) is 19.6 Å². The topological polar surface area (TPSA) is 138 Å². The molecule has 1 aromatic carbocycles. The average Bonchev–Trinajstić information content (AvgIpc) is 2.52. The van der Waals surface area contributed by atoms with Crippen molar-refractivity contribution in [2.24, 2.45) is 0 Å². The number of carboxylic acids is 1. The molecule has 138 valence electrons. The number of nitrogens with zero attached hydrogens (tertiary/aromatic N) is 2. The van der Waals surface area contributed by atoms with Gasteiger partial charge in [-0.25, -0.2) is 18.4 Å². The lowest BCUT2D eigenvalue weighted by atomic mass is 10.2. The summed E-state index contributed by atoms with van der Waals surface area (Å²) in [6.45, 7) is 3.39. The van der Waals surface area contributed by atoms with Crippen LogP contribution in [0.2, 0.25) is 0 Å². The second kappa shape index (κ2) is 7.91. The van der Waals surface area contributed by atoms with E-state index in [9.17, 15) is 18.0 Å². The minimum atomic E-state index is -3.84. The Morgan fingerprint density at radius 2 is 1.73 bits per heavy atom. The molecule has 26 heavy (non-hydrogen) atoms. The molecule has 0 saturated carbocycles. The Morgan fingerprint density at radius 3 is 2.31 bits per heavy atom. The predicted molar refractivity (Wildman–Crippen MR) is 94.3 cm³/mol. The number of aromatic nitrogens is 2. The lowest BCUT2D eigenvalue weighted by Crippen LogP contribution is -2.15. The van der Waals surface area contributed by atoms with Crippen molar-refractivity contribution in [2.45, 2.75) is 31.6 Å². The number of amides is 1. The van der Waals surface area contributed by atoms with E-state index in [0.717, 1.165) is 0 Å². The molecular formula is C16H18N4O5S. The monoisotopic (exact) mass is 378 g/mol. The summed E-state index contributed by atoms with van der Waals surface area (Å²) in [5, 5.41) is 11.0. The highest BCUT2D eigenvalue weighted by Crippen LogP contribution is 2.18. The molecule has 2 rings (SSSR count). The van der Waals surface area contributed by atoms with Crippen molar-refractivity contribution in [3.63, 3.8) is 0 Å². The number of sulfonamides is 1. The number of hydrogen-bond acceptors (Lipinski definition) is 6. The van der Waals surface area contributed by atoms with Crippen LogP contribution in [0.25, 0.3) is 0 Å². The molecule has 0 aliphatic heterocycles. The molecule has 1 heterocycles. The zero-order valence-electron chi connectivity index (χ0n) is 14.2. The molecule has 9 nitrogen and oxygen atoms in total. The maximum absolute atomic E-state index is 12.4. The molecule has 3 N–H and O–H groups in total. The van der Waals surface area contributed by atoms with Crippen molar-refractivity contribution in [3.8, 4) is 0 Å². The number of hydrogen-bond donors (Lipinski definition) is 3. The first kappa shape index (κ1) is 19.3. The van der Waals surface area contributed by atoms with Gasteiger partial charge in [0, 0.05) is 23.9 Å². The number of aryl methyl sites for hydroxylation is 2. The van der Waals surface area contributed by atoms with Crippen LogP contribution in [0.1, 0.15) is 24.4 Å². The minimum Gasteiger partial charge on any atom is -0.481 e.